The van der Waals surface area contributed by atoms with Crippen molar-refractivity contribution in [3.8, 4) is 28.7 Å². The molecule has 0 bridgehead atoms. The minimum atomic E-state index is -4.57. The summed E-state index contributed by atoms with van der Waals surface area (Å²) in [7, 11) is 5.59. The molecule has 4 aromatic rings. The second kappa shape index (κ2) is 12.2. The Morgan fingerprint density at radius 3 is 1.68 bits per heavy atom. The van der Waals surface area contributed by atoms with E-state index in [-0.39, 0.29) is 28.3 Å². The number of nitrogens with zero attached hydrogens (tertiary/aromatic N) is 2. The summed E-state index contributed by atoms with van der Waals surface area (Å²) in [6, 6.07) is 11.4. The summed E-state index contributed by atoms with van der Waals surface area (Å²) in [4.78, 5) is 0. The van der Waals surface area contributed by atoms with Crippen LogP contribution in [-0.4, -0.2) is 38.2 Å². The van der Waals surface area contributed by atoms with Crippen molar-refractivity contribution >= 4 is 24.3 Å². The Balaban J connectivity index is 1.79. The van der Waals surface area contributed by atoms with Gasteiger partial charge >= 0.3 is 6.18 Å². The first-order valence-electron chi connectivity index (χ1n) is 12.0. The zero-order chi connectivity index (χ0) is 29.7. The number of hydrogen-bond acceptors (Lipinski definition) is 5. The van der Waals surface area contributed by atoms with E-state index in [0.29, 0.717) is 22.9 Å². The smallest absolute Gasteiger partial charge is 0.416 e. The first kappa shape index (κ1) is 29.2. The van der Waals surface area contributed by atoms with Crippen molar-refractivity contribution in [2.75, 3.05) is 28.4 Å². The molecule has 0 aliphatic carbocycles. The van der Waals surface area contributed by atoms with Crippen LogP contribution in [0.4, 0.5) is 22.0 Å². The molecule has 214 valence electrons. The average Bonchev–Trinajstić information content (AvgIpc) is 3.38. The van der Waals surface area contributed by atoms with Crippen molar-refractivity contribution in [2.24, 2.45) is 0 Å². The van der Waals surface area contributed by atoms with Crippen LogP contribution in [-0.2, 0) is 6.18 Å². The van der Waals surface area contributed by atoms with Crippen molar-refractivity contribution in [1.82, 2.24) is 9.78 Å². The van der Waals surface area contributed by atoms with Crippen molar-refractivity contribution in [2.45, 2.75) is 6.18 Å². The summed E-state index contributed by atoms with van der Waals surface area (Å²) in [5.41, 5.74) is 0.180. The van der Waals surface area contributed by atoms with E-state index >= 15 is 0 Å². The van der Waals surface area contributed by atoms with Crippen LogP contribution in [0.1, 0.15) is 28.1 Å². The fraction of sp³-hybridized carbons (Fsp3) is 0.167. The third-order valence-corrected chi connectivity index (χ3v) is 6.05. The lowest BCUT2D eigenvalue weighted by Gasteiger charge is -2.10. The summed E-state index contributed by atoms with van der Waals surface area (Å²) < 4.78 is 91.6. The van der Waals surface area contributed by atoms with Gasteiger partial charge in [-0.1, -0.05) is 6.07 Å². The quantitative estimate of drug-likeness (QED) is 0.194. The van der Waals surface area contributed by atoms with Gasteiger partial charge in [-0.3, -0.25) is 0 Å². The number of benzene rings is 3. The molecule has 3 aromatic carbocycles. The van der Waals surface area contributed by atoms with Gasteiger partial charge in [0.15, 0.2) is 23.0 Å². The molecule has 0 saturated heterocycles. The highest BCUT2D eigenvalue weighted by Gasteiger charge is 2.30. The van der Waals surface area contributed by atoms with Crippen LogP contribution in [0.15, 0.2) is 54.6 Å². The van der Waals surface area contributed by atoms with Gasteiger partial charge in [-0.05, 0) is 60.7 Å². The number of methoxy groups -OCH3 is 4. The Morgan fingerprint density at radius 1 is 0.659 bits per heavy atom. The highest BCUT2D eigenvalue weighted by atomic mass is 19.4. The van der Waals surface area contributed by atoms with E-state index in [0.717, 1.165) is 18.2 Å². The van der Waals surface area contributed by atoms with Gasteiger partial charge in [0.1, 0.15) is 11.6 Å². The van der Waals surface area contributed by atoms with Crippen LogP contribution in [0, 0.1) is 11.6 Å². The highest BCUT2D eigenvalue weighted by molar-refractivity contribution is 5.74. The molecule has 0 fully saturated rings. The van der Waals surface area contributed by atoms with Gasteiger partial charge in [0, 0.05) is 23.3 Å². The van der Waals surface area contributed by atoms with E-state index in [9.17, 15) is 22.0 Å². The molecule has 0 radical (unpaired) electrons. The van der Waals surface area contributed by atoms with Crippen LogP contribution >= 0.6 is 0 Å². The van der Waals surface area contributed by atoms with Gasteiger partial charge in [0.05, 0.1) is 51.1 Å². The van der Waals surface area contributed by atoms with E-state index in [4.69, 9.17) is 18.9 Å². The number of aromatic nitrogens is 2. The topological polar surface area (TPSA) is 54.7 Å². The van der Waals surface area contributed by atoms with E-state index in [1.165, 1.54) is 87.8 Å². The van der Waals surface area contributed by atoms with Crippen LogP contribution in [0.25, 0.3) is 30.0 Å². The number of hydrogen-bond donors (Lipinski definition) is 0. The zero-order valence-electron chi connectivity index (χ0n) is 22.4. The first-order chi connectivity index (χ1) is 19.6. The number of halogens is 5. The molecular formula is C30H25F5N2O4. The number of alkyl halides is 3. The maximum Gasteiger partial charge on any atom is 0.416 e. The molecule has 0 spiro atoms. The van der Waals surface area contributed by atoms with Crippen LogP contribution in [0.5, 0.6) is 23.0 Å². The fourth-order valence-corrected chi connectivity index (χ4v) is 3.98. The normalized spacial score (nSPS) is 11.8. The molecule has 1 heterocycles. The van der Waals surface area contributed by atoms with E-state index in [1.807, 2.05) is 0 Å². The van der Waals surface area contributed by atoms with E-state index in [2.05, 4.69) is 5.10 Å². The van der Waals surface area contributed by atoms with Gasteiger partial charge in [-0.15, -0.1) is 0 Å². The molecule has 1 aromatic heterocycles. The van der Waals surface area contributed by atoms with Crippen molar-refractivity contribution in [1.29, 1.82) is 0 Å². The molecule has 11 heteroatoms. The van der Waals surface area contributed by atoms with E-state index in [1.54, 1.807) is 6.07 Å². The number of ether oxygens (including phenoxy) is 4. The lowest BCUT2D eigenvalue weighted by Crippen LogP contribution is -2.07. The van der Waals surface area contributed by atoms with Crippen LogP contribution in [0.2, 0.25) is 0 Å². The predicted octanol–water partition coefficient (Wildman–Crippen LogP) is 7.54. The van der Waals surface area contributed by atoms with Gasteiger partial charge < -0.3 is 18.9 Å². The lowest BCUT2D eigenvalue weighted by atomic mass is 10.1. The third kappa shape index (κ3) is 6.51. The maximum atomic E-state index is 14.7. The molecular weight excluding hydrogens is 547 g/mol. The Kier molecular flexibility index (Phi) is 8.65. The molecule has 4 rings (SSSR count). The minimum Gasteiger partial charge on any atom is -0.493 e. The Hall–Kier alpha value is -4.80. The Bertz CT molecular complexity index is 1610. The molecule has 0 saturated carbocycles. The van der Waals surface area contributed by atoms with E-state index < -0.39 is 23.4 Å². The van der Waals surface area contributed by atoms with Gasteiger partial charge in [0.2, 0.25) is 0 Å². The molecule has 0 N–H and O–H groups in total. The summed E-state index contributed by atoms with van der Waals surface area (Å²) >= 11 is 0. The molecule has 0 unspecified atom stereocenters. The molecule has 0 aliphatic rings. The van der Waals surface area contributed by atoms with Crippen LogP contribution in [0.3, 0.4) is 0 Å². The molecule has 41 heavy (non-hydrogen) atoms. The summed E-state index contributed by atoms with van der Waals surface area (Å²) in [5.74, 6) is -0.172. The van der Waals surface area contributed by atoms with Crippen molar-refractivity contribution < 1.29 is 40.9 Å². The van der Waals surface area contributed by atoms with Gasteiger partial charge in [-0.2, -0.15) is 18.3 Å². The van der Waals surface area contributed by atoms with Gasteiger partial charge in [0.25, 0.3) is 0 Å². The minimum absolute atomic E-state index is 0.115. The van der Waals surface area contributed by atoms with Crippen LogP contribution < -0.4 is 18.9 Å². The van der Waals surface area contributed by atoms with Crippen molar-refractivity contribution in [3.05, 3.63) is 94.3 Å². The third-order valence-electron chi connectivity index (χ3n) is 6.05. The lowest BCUT2D eigenvalue weighted by molar-refractivity contribution is -0.137. The molecule has 6 nitrogen and oxygen atoms in total. The largest absolute Gasteiger partial charge is 0.493 e. The van der Waals surface area contributed by atoms with Gasteiger partial charge in [-0.25, -0.2) is 13.5 Å². The average molecular weight is 573 g/mol. The molecule has 0 atom stereocenters. The Morgan fingerprint density at radius 2 is 1.17 bits per heavy atom. The summed E-state index contributed by atoms with van der Waals surface area (Å²) in [6.07, 6.45) is 1.28. The summed E-state index contributed by atoms with van der Waals surface area (Å²) in [6.45, 7) is 0. The predicted molar refractivity (Wildman–Crippen MR) is 145 cm³/mol. The first-order valence-corrected chi connectivity index (χ1v) is 12.0. The monoisotopic (exact) mass is 572 g/mol. The maximum absolute atomic E-state index is 14.7. The number of rotatable bonds is 9. The zero-order valence-corrected chi connectivity index (χ0v) is 22.4. The summed E-state index contributed by atoms with van der Waals surface area (Å²) in [5, 5.41) is 4.41. The Labute approximate surface area is 232 Å². The standard InChI is InChI=1S/C30H25F5N2O4/c1-38-26-12-18(24(31)16-28(26)40-3)8-10-21-15-23(11-9-19-13-27(39-2)29(41-4)17-25(19)32)37(36-21)22-7-5-6-20(14-22)30(33,34)35/h5-17H,1-4H3. The SMILES string of the molecule is COc1cc(F)c(C=Cc2cc(C=Cc3cc(OC)c(OC)cc3F)n(-c3cccc(C(F)(F)F)c3)n2)cc1OC. The highest BCUT2D eigenvalue weighted by Crippen LogP contribution is 2.33. The second-order valence-electron chi connectivity index (χ2n) is 8.58. The van der Waals surface area contributed by atoms with Crippen molar-refractivity contribution in [3.63, 3.8) is 0 Å². The molecule has 0 amide bonds. The fourth-order valence-electron chi connectivity index (χ4n) is 3.98. The molecule has 0 aliphatic heterocycles. The second-order valence-corrected chi connectivity index (χ2v) is 8.58.